The zero-order chi connectivity index (χ0) is 19.1. The minimum absolute atomic E-state index is 0.0517. The van der Waals surface area contributed by atoms with Crippen LogP contribution in [-0.4, -0.2) is 33.7 Å². The molecule has 0 bridgehead atoms. The molecule has 1 aromatic carbocycles. The van der Waals surface area contributed by atoms with Crippen molar-refractivity contribution >= 4 is 17.5 Å². The molecular formula is C18H19ClF3N3O. The van der Waals surface area contributed by atoms with E-state index in [1.165, 1.54) is 12.1 Å². The number of aryl methyl sites for hydroxylation is 2. The molecule has 0 spiro atoms. The molecule has 8 heteroatoms. The fourth-order valence-electron chi connectivity index (χ4n) is 3.53. The first kappa shape index (κ1) is 18.8. The number of alkyl halides is 3. The number of benzene rings is 1. The summed E-state index contributed by atoms with van der Waals surface area (Å²) in [7, 11) is 1.73. The van der Waals surface area contributed by atoms with Gasteiger partial charge in [0.1, 0.15) is 0 Å². The predicted octanol–water partition coefficient (Wildman–Crippen LogP) is 4.42. The summed E-state index contributed by atoms with van der Waals surface area (Å²) < 4.78 is 41.8. The first-order valence-electron chi connectivity index (χ1n) is 8.33. The van der Waals surface area contributed by atoms with Crippen molar-refractivity contribution in [3.8, 4) is 0 Å². The first-order valence-corrected chi connectivity index (χ1v) is 8.70. The van der Waals surface area contributed by atoms with Gasteiger partial charge in [-0.15, -0.1) is 0 Å². The molecule has 1 aliphatic rings. The van der Waals surface area contributed by atoms with Gasteiger partial charge in [-0.05, 0) is 37.5 Å². The van der Waals surface area contributed by atoms with Crippen LogP contribution in [0.4, 0.5) is 13.2 Å². The van der Waals surface area contributed by atoms with E-state index in [0.717, 1.165) is 6.07 Å². The maximum absolute atomic E-state index is 13.4. The summed E-state index contributed by atoms with van der Waals surface area (Å²) in [4.78, 5) is 14.4. The highest BCUT2D eigenvalue weighted by Crippen LogP contribution is 2.39. The van der Waals surface area contributed by atoms with E-state index in [2.05, 4.69) is 5.10 Å². The van der Waals surface area contributed by atoms with Crippen LogP contribution < -0.4 is 0 Å². The van der Waals surface area contributed by atoms with E-state index in [9.17, 15) is 18.0 Å². The van der Waals surface area contributed by atoms with Crippen LogP contribution in [-0.2, 0) is 13.2 Å². The number of carbonyl (C=O) groups excluding carboxylic acids is 1. The summed E-state index contributed by atoms with van der Waals surface area (Å²) in [5.41, 5.74) is 0.576. The van der Waals surface area contributed by atoms with Crippen LogP contribution in [0.3, 0.4) is 0 Å². The molecule has 1 fully saturated rings. The Kier molecular flexibility index (Phi) is 5.01. The van der Waals surface area contributed by atoms with Gasteiger partial charge in [0, 0.05) is 37.3 Å². The van der Waals surface area contributed by atoms with Crippen molar-refractivity contribution in [2.24, 2.45) is 7.05 Å². The van der Waals surface area contributed by atoms with Crippen molar-refractivity contribution in [2.45, 2.75) is 31.9 Å². The number of amides is 1. The number of likely N-dealkylation sites (tertiary alicyclic amines) is 1. The highest BCUT2D eigenvalue weighted by Gasteiger charge is 2.37. The van der Waals surface area contributed by atoms with Gasteiger partial charge in [0.05, 0.1) is 16.8 Å². The lowest BCUT2D eigenvalue weighted by Gasteiger charge is -2.34. The third-order valence-corrected chi connectivity index (χ3v) is 4.95. The second kappa shape index (κ2) is 6.95. The monoisotopic (exact) mass is 385 g/mol. The van der Waals surface area contributed by atoms with Crippen LogP contribution in [0.25, 0.3) is 0 Å². The predicted molar refractivity (Wildman–Crippen MR) is 92.3 cm³/mol. The van der Waals surface area contributed by atoms with Crippen molar-refractivity contribution in [1.82, 2.24) is 14.7 Å². The maximum Gasteiger partial charge on any atom is 0.416 e. The van der Waals surface area contributed by atoms with E-state index in [0.29, 0.717) is 30.6 Å². The first-order chi connectivity index (χ1) is 12.2. The molecule has 1 atom stereocenters. The Balaban J connectivity index is 1.88. The number of rotatable bonds is 2. The number of hydrogen-bond donors (Lipinski definition) is 0. The Hall–Kier alpha value is -2.02. The SMILES string of the molecule is Cc1nn(C)cc1C(=O)N1CCCC(c2ccc(Cl)cc2C(F)(F)F)C1. The minimum atomic E-state index is -4.48. The van der Waals surface area contributed by atoms with E-state index in [4.69, 9.17) is 11.6 Å². The average Bonchev–Trinajstić information content (AvgIpc) is 2.92. The zero-order valence-electron chi connectivity index (χ0n) is 14.5. The van der Waals surface area contributed by atoms with Gasteiger partial charge in [-0.1, -0.05) is 17.7 Å². The maximum atomic E-state index is 13.4. The normalized spacial score (nSPS) is 18.2. The molecule has 0 N–H and O–H groups in total. The second-order valence-electron chi connectivity index (χ2n) is 6.62. The van der Waals surface area contributed by atoms with E-state index < -0.39 is 11.7 Å². The van der Waals surface area contributed by atoms with Crippen LogP contribution in [0.15, 0.2) is 24.4 Å². The van der Waals surface area contributed by atoms with Crippen LogP contribution in [0.5, 0.6) is 0 Å². The quantitative estimate of drug-likeness (QED) is 0.767. The molecule has 0 saturated carbocycles. The molecule has 1 unspecified atom stereocenters. The highest BCUT2D eigenvalue weighted by molar-refractivity contribution is 6.30. The summed E-state index contributed by atoms with van der Waals surface area (Å²) in [5, 5.41) is 4.22. The minimum Gasteiger partial charge on any atom is -0.338 e. The second-order valence-corrected chi connectivity index (χ2v) is 7.06. The Morgan fingerprint density at radius 1 is 1.35 bits per heavy atom. The molecule has 0 radical (unpaired) electrons. The van der Waals surface area contributed by atoms with Crippen LogP contribution in [0.1, 0.15) is 45.9 Å². The van der Waals surface area contributed by atoms with Crippen molar-refractivity contribution in [3.63, 3.8) is 0 Å². The summed E-state index contributed by atoms with van der Waals surface area (Å²) in [6.45, 7) is 2.52. The Morgan fingerprint density at radius 3 is 2.69 bits per heavy atom. The molecule has 1 aromatic heterocycles. The lowest BCUT2D eigenvalue weighted by molar-refractivity contribution is -0.138. The number of halogens is 4. The molecule has 1 saturated heterocycles. The van der Waals surface area contributed by atoms with Gasteiger partial charge >= 0.3 is 6.18 Å². The van der Waals surface area contributed by atoms with Gasteiger partial charge in [0.2, 0.25) is 0 Å². The van der Waals surface area contributed by atoms with Gasteiger partial charge in [0.15, 0.2) is 0 Å². The average molecular weight is 386 g/mol. The smallest absolute Gasteiger partial charge is 0.338 e. The standard InChI is InChI=1S/C18H19ClF3N3O/c1-11-15(10-24(2)23-11)17(26)25-7-3-4-12(9-25)14-6-5-13(19)8-16(14)18(20,21)22/h5-6,8,10,12H,3-4,7,9H2,1-2H3. The van der Waals surface area contributed by atoms with E-state index in [-0.39, 0.29) is 29.0 Å². The number of piperidine rings is 1. The zero-order valence-corrected chi connectivity index (χ0v) is 15.2. The third-order valence-electron chi connectivity index (χ3n) is 4.71. The molecule has 4 nitrogen and oxygen atoms in total. The Bertz CT molecular complexity index is 832. The molecule has 2 heterocycles. The number of carbonyl (C=O) groups is 1. The Morgan fingerprint density at radius 2 is 2.08 bits per heavy atom. The van der Waals surface area contributed by atoms with Crippen LogP contribution in [0.2, 0.25) is 5.02 Å². The molecule has 0 aliphatic carbocycles. The summed E-state index contributed by atoms with van der Waals surface area (Å²) >= 11 is 5.77. The molecule has 140 valence electrons. The van der Waals surface area contributed by atoms with Crippen molar-refractivity contribution < 1.29 is 18.0 Å². The largest absolute Gasteiger partial charge is 0.416 e. The third kappa shape index (κ3) is 3.72. The van der Waals surface area contributed by atoms with Gasteiger partial charge in [-0.2, -0.15) is 18.3 Å². The van der Waals surface area contributed by atoms with Crippen molar-refractivity contribution in [2.75, 3.05) is 13.1 Å². The van der Waals surface area contributed by atoms with Gasteiger partial charge in [0.25, 0.3) is 5.91 Å². The molecule has 1 amide bonds. The van der Waals surface area contributed by atoms with Crippen molar-refractivity contribution in [3.05, 3.63) is 51.8 Å². The van der Waals surface area contributed by atoms with Crippen LogP contribution in [0, 0.1) is 6.92 Å². The highest BCUT2D eigenvalue weighted by atomic mass is 35.5. The number of hydrogen-bond acceptors (Lipinski definition) is 2. The fourth-order valence-corrected chi connectivity index (χ4v) is 3.70. The topological polar surface area (TPSA) is 38.1 Å². The van der Waals surface area contributed by atoms with E-state index in [1.54, 1.807) is 29.7 Å². The number of nitrogens with zero attached hydrogens (tertiary/aromatic N) is 3. The fraction of sp³-hybridized carbons (Fsp3) is 0.444. The van der Waals surface area contributed by atoms with Crippen LogP contribution >= 0.6 is 11.6 Å². The lowest BCUT2D eigenvalue weighted by atomic mass is 9.87. The molecule has 26 heavy (non-hydrogen) atoms. The van der Waals surface area contributed by atoms with E-state index in [1.807, 2.05) is 0 Å². The summed E-state index contributed by atoms with van der Waals surface area (Å²) in [5.74, 6) is -0.568. The van der Waals surface area contributed by atoms with Gasteiger partial charge in [-0.25, -0.2) is 0 Å². The van der Waals surface area contributed by atoms with E-state index >= 15 is 0 Å². The summed E-state index contributed by atoms with van der Waals surface area (Å²) in [6, 6.07) is 3.86. The lowest BCUT2D eigenvalue weighted by Crippen LogP contribution is -2.39. The molecular weight excluding hydrogens is 367 g/mol. The molecule has 3 rings (SSSR count). The Labute approximate surface area is 154 Å². The van der Waals surface area contributed by atoms with Gasteiger partial charge in [-0.3, -0.25) is 9.48 Å². The van der Waals surface area contributed by atoms with Gasteiger partial charge < -0.3 is 4.90 Å². The summed E-state index contributed by atoms with van der Waals surface area (Å²) in [6.07, 6.45) is -1.59. The van der Waals surface area contributed by atoms with Crippen molar-refractivity contribution in [1.29, 1.82) is 0 Å². The number of aromatic nitrogens is 2. The molecule has 1 aliphatic heterocycles. The molecule has 2 aromatic rings.